The number of thiazole rings is 1. The first-order valence-electron chi connectivity index (χ1n) is 6.22. The Morgan fingerprint density at radius 2 is 2.39 bits per heavy atom. The smallest absolute Gasteiger partial charge is 0.332 e. The molecular weight excluding hydrogens is 330 g/mol. The molecule has 1 atom stereocenters. The van der Waals surface area contributed by atoms with E-state index in [1.165, 1.54) is 12.5 Å². The summed E-state index contributed by atoms with van der Waals surface area (Å²) in [4.78, 5) is 47.5. The van der Waals surface area contributed by atoms with Gasteiger partial charge in [-0.2, -0.15) is 0 Å². The maximum absolute atomic E-state index is 12.2. The van der Waals surface area contributed by atoms with E-state index in [9.17, 15) is 14.4 Å². The molecule has 0 aromatic carbocycles. The normalized spacial score (nSPS) is 17.6. The molecule has 0 radical (unpaired) electrons. The molecule has 2 heterocycles. The number of aliphatic carboxylic acids is 1. The van der Waals surface area contributed by atoms with Gasteiger partial charge in [-0.3, -0.25) is 14.4 Å². The zero-order valence-electron chi connectivity index (χ0n) is 11.9. The zero-order valence-corrected chi connectivity index (χ0v) is 12.7. The number of hydrogen-bond donors (Lipinski definition) is 3. The van der Waals surface area contributed by atoms with Gasteiger partial charge in [0.15, 0.2) is 17.5 Å². The molecule has 1 fully saturated rings. The second-order valence-electron chi connectivity index (χ2n) is 4.29. The molecular formula is C11H13N5O6S. The summed E-state index contributed by atoms with van der Waals surface area (Å²) in [6, 6.07) is -0.839. The lowest BCUT2D eigenvalue weighted by Crippen LogP contribution is -2.64. The molecule has 124 valence electrons. The topological polar surface area (TPSA) is 156 Å². The maximum atomic E-state index is 12.2. The Bertz CT molecular complexity index is 659. The van der Waals surface area contributed by atoms with Crippen LogP contribution in [0.25, 0.3) is 0 Å². The van der Waals surface area contributed by atoms with Crippen molar-refractivity contribution in [1.29, 1.82) is 0 Å². The summed E-state index contributed by atoms with van der Waals surface area (Å²) in [5.41, 5.74) is 5.60. The van der Waals surface area contributed by atoms with Gasteiger partial charge in [0.05, 0.1) is 6.54 Å². The van der Waals surface area contributed by atoms with E-state index >= 15 is 0 Å². The minimum atomic E-state index is -1.21. The highest BCUT2D eigenvalue weighted by molar-refractivity contribution is 7.13. The van der Waals surface area contributed by atoms with Gasteiger partial charge in [0.2, 0.25) is 0 Å². The zero-order chi connectivity index (χ0) is 17.0. The molecule has 23 heavy (non-hydrogen) atoms. The summed E-state index contributed by atoms with van der Waals surface area (Å²) in [7, 11) is 1.26. The minimum Gasteiger partial charge on any atom is -0.479 e. The van der Waals surface area contributed by atoms with E-state index in [4.69, 9.17) is 15.7 Å². The molecule has 0 saturated carbocycles. The monoisotopic (exact) mass is 343 g/mol. The number of carboxylic acid groups (broad SMARTS) is 1. The Labute approximate surface area is 133 Å². The highest BCUT2D eigenvalue weighted by atomic mass is 32.1. The molecule has 0 spiro atoms. The third-order valence-electron chi connectivity index (χ3n) is 2.70. The number of rotatable bonds is 7. The van der Waals surface area contributed by atoms with E-state index in [0.29, 0.717) is 0 Å². The van der Waals surface area contributed by atoms with Crippen LogP contribution in [-0.4, -0.2) is 65.0 Å². The number of nitrogen functional groups attached to an aromatic ring is 1. The van der Waals surface area contributed by atoms with E-state index in [1.807, 2.05) is 0 Å². The first kappa shape index (κ1) is 16.6. The summed E-state index contributed by atoms with van der Waals surface area (Å²) < 4.78 is 0. The summed E-state index contributed by atoms with van der Waals surface area (Å²) in [6.45, 7) is -0.613. The van der Waals surface area contributed by atoms with E-state index < -0.39 is 30.4 Å². The molecule has 1 aromatic heterocycles. The number of nitrogens with zero attached hydrogens (tertiary/aromatic N) is 3. The third-order valence-corrected chi connectivity index (χ3v) is 3.38. The van der Waals surface area contributed by atoms with E-state index in [1.54, 1.807) is 0 Å². The molecule has 4 N–H and O–H groups in total. The van der Waals surface area contributed by atoms with Gasteiger partial charge >= 0.3 is 5.97 Å². The van der Waals surface area contributed by atoms with Crippen LogP contribution in [0.5, 0.6) is 0 Å². The fourth-order valence-electron chi connectivity index (χ4n) is 1.67. The van der Waals surface area contributed by atoms with E-state index in [-0.39, 0.29) is 23.1 Å². The molecule has 1 aromatic rings. The van der Waals surface area contributed by atoms with Gasteiger partial charge in [0, 0.05) is 5.38 Å². The number of β-lactam (4-membered cyclic amide) rings is 1. The van der Waals surface area contributed by atoms with Crippen molar-refractivity contribution in [2.75, 3.05) is 26.0 Å². The number of aromatic nitrogens is 1. The van der Waals surface area contributed by atoms with Crippen LogP contribution in [0.2, 0.25) is 0 Å². The predicted molar refractivity (Wildman–Crippen MR) is 77.3 cm³/mol. The Balaban J connectivity index is 1.95. The van der Waals surface area contributed by atoms with Crippen molar-refractivity contribution in [2.45, 2.75) is 6.04 Å². The Morgan fingerprint density at radius 3 is 2.91 bits per heavy atom. The number of hydroxylamine groups is 2. The number of hydrogen-bond acceptors (Lipinski definition) is 9. The number of carboxylic acids is 1. The van der Waals surface area contributed by atoms with E-state index in [2.05, 4.69) is 20.3 Å². The van der Waals surface area contributed by atoms with Gasteiger partial charge in [-0.05, 0) is 0 Å². The highest BCUT2D eigenvalue weighted by Gasteiger charge is 2.40. The van der Waals surface area contributed by atoms with Crippen LogP contribution in [-0.2, 0) is 24.1 Å². The van der Waals surface area contributed by atoms with Crippen LogP contribution in [0.1, 0.15) is 5.69 Å². The standard InChI is InChI=1S/C11H13N5O6S/c1-21-15-8(6-4-23-11(12)14-6)9(19)13-5-2-16(10(5)20)22-3-7(17)18/h4-5H,2-3H2,1H3,(H2,12,14)(H,13,19)(H,17,18). The maximum Gasteiger partial charge on any atom is 0.332 e. The van der Waals surface area contributed by atoms with Gasteiger partial charge in [-0.1, -0.05) is 5.16 Å². The quantitative estimate of drug-likeness (QED) is 0.304. The van der Waals surface area contributed by atoms with Crippen molar-refractivity contribution in [2.24, 2.45) is 5.16 Å². The SMILES string of the molecule is CON=C(C(=O)NC1CN(OCC(=O)O)C1=O)c1csc(N)n1. The van der Waals surface area contributed by atoms with Gasteiger partial charge in [-0.25, -0.2) is 14.8 Å². The van der Waals surface area contributed by atoms with Crippen LogP contribution < -0.4 is 11.1 Å². The molecule has 2 amide bonds. The number of carbonyl (C=O) groups is 3. The molecule has 1 unspecified atom stereocenters. The van der Waals surface area contributed by atoms with E-state index in [0.717, 1.165) is 16.4 Å². The molecule has 1 aliphatic rings. The molecule has 0 aliphatic carbocycles. The lowest BCUT2D eigenvalue weighted by atomic mass is 10.1. The number of carbonyl (C=O) groups excluding carboxylic acids is 2. The van der Waals surface area contributed by atoms with Crippen LogP contribution in [0, 0.1) is 0 Å². The number of anilines is 1. The van der Waals surface area contributed by atoms with Crippen molar-refractivity contribution < 1.29 is 29.2 Å². The molecule has 1 saturated heterocycles. The number of oxime groups is 1. The number of nitrogens with two attached hydrogens (primary N) is 1. The Hall–Kier alpha value is -2.73. The van der Waals surface area contributed by atoms with Gasteiger partial charge in [0.25, 0.3) is 11.8 Å². The van der Waals surface area contributed by atoms with Crippen molar-refractivity contribution in [3.05, 3.63) is 11.1 Å². The van der Waals surface area contributed by atoms with Gasteiger partial charge in [-0.15, -0.1) is 11.3 Å². The average molecular weight is 343 g/mol. The lowest BCUT2D eigenvalue weighted by molar-refractivity contribution is -0.216. The summed E-state index contributed by atoms with van der Waals surface area (Å²) in [6.07, 6.45) is 0. The second-order valence-corrected chi connectivity index (χ2v) is 5.18. The largest absolute Gasteiger partial charge is 0.479 e. The fraction of sp³-hybridized carbons (Fsp3) is 0.364. The Morgan fingerprint density at radius 1 is 1.65 bits per heavy atom. The first-order chi connectivity index (χ1) is 10.9. The summed E-state index contributed by atoms with van der Waals surface area (Å²) in [5, 5.41) is 17.1. The highest BCUT2D eigenvalue weighted by Crippen LogP contribution is 2.14. The summed E-state index contributed by atoms with van der Waals surface area (Å²) in [5.74, 6) is -2.44. The second kappa shape index (κ2) is 7.02. The first-order valence-corrected chi connectivity index (χ1v) is 7.09. The Kier molecular flexibility index (Phi) is 5.08. The van der Waals surface area contributed by atoms with Gasteiger partial charge in [0.1, 0.15) is 18.8 Å². The molecule has 11 nitrogen and oxygen atoms in total. The van der Waals surface area contributed by atoms with Gasteiger partial charge < -0.3 is 21.0 Å². The van der Waals surface area contributed by atoms with Crippen molar-refractivity contribution >= 4 is 40.0 Å². The van der Waals surface area contributed by atoms with Crippen LogP contribution in [0.3, 0.4) is 0 Å². The summed E-state index contributed by atoms with van der Waals surface area (Å²) >= 11 is 1.12. The predicted octanol–water partition coefficient (Wildman–Crippen LogP) is -1.58. The average Bonchev–Trinajstić information content (AvgIpc) is 2.92. The third kappa shape index (κ3) is 3.92. The molecule has 2 rings (SSSR count). The minimum absolute atomic E-state index is 0.0251. The van der Waals surface area contributed by atoms with Crippen molar-refractivity contribution in [1.82, 2.24) is 15.4 Å². The molecule has 0 bridgehead atoms. The van der Waals surface area contributed by atoms with Crippen LogP contribution in [0.15, 0.2) is 10.5 Å². The number of amides is 2. The lowest BCUT2D eigenvalue weighted by Gasteiger charge is -2.36. The van der Waals surface area contributed by atoms with Crippen LogP contribution >= 0.6 is 11.3 Å². The fourth-order valence-corrected chi connectivity index (χ4v) is 2.22. The van der Waals surface area contributed by atoms with Crippen molar-refractivity contribution in [3.8, 4) is 0 Å². The van der Waals surface area contributed by atoms with Crippen LogP contribution in [0.4, 0.5) is 5.13 Å². The van der Waals surface area contributed by atoms with Crippen molar-refractivity contribution in [3.63, 3.8) is 0 Å². The number of nitrogens with one attached hydrogen (secondary N) is 1. The molecule has 12 heteroatoms. The molecule has 1 aliphatic heterocycles.